The Labute approximate surface area is 167 Å². The standard InChI is InChI=1S/C21H32N4O3/c1-7-26-19-10-9-17(13-20(19)27-8-2)14(3)24-21(22-6)23-12-11-18-15(4)25-28-16(18)5/h9-10,13-14H,7-8,11-12H2,1-6H3,(H2,22,23,24). The number of aromatic nitrogens is 1. The molecule has 1 aromatic carbocycles. The summed E-state index contributed by atoms with van der Waals surface area (Å²) < 4.78 is 16.6. The Hall–Kier alpha value is -2.70. The Morgan fingerprint density at radius 2 is 1.89 bits per heavy atom. The van der Waals surface area contributed by atoms with Crippen LogP contribution in [-0.2, 0) is 6.42 Å². The van der Waals surface area contributed by atoms with Crippen LogP contribution in [-0.4, -0.2) is 37.9 Å². The minimum Gasteiger partial charge on any atom is -0.490 e. The van der Waals surface area contributed by atoms with E-state index < -0.39 is 0 Å². The third-order valence-electron chi connectivity index (χ3n) is 4.49. The fraction of sp³-hybridized carbons (Fsp3) is 0.524. The molecule has 0 aliphatic carbocycles. The van der Waals surface area contributed by atoms with Gasteiger partial charge in [-0.25, -0.2) is 0 Å². The van der Waals surface area contributed by atoms with Crippen LogP contribution in [0.15, 0.2) is 27.7 Å². The average Bonchev–Trinajstić information content (AvgIpc) is 3.00. The van der Waals surface area contributed by atoms with Gasteiger partial charge >= 0.3 is 0 Å². The highest BCUT2D eigenvalue weighted by molar-refractivity contribution is 5.80. The molecule has 2 aromatic rings. The van der Waals surface area contributed by atoms with E-state index in [0.717, 1.165) is 53.0 Å². The van der Waals surface area contributed by atoms with Gasteiger partial charge in [-0.2, -0.15) is 0 Å². The summed E-state index contributed by atoms with van der Waals surface area (Å²) in [6.07, 6.45) is 0.827. The summed E-state index contributed by atoms with van der Waals surface area (Å²) >= 11 is 0. The fourth-order valence-corrected chi connectivity index (χ4v) is 2.98. The minimum absolute atomic E-state index is 0.0557. The van der Waals surface area contributed by atoms with Crippen LogP contribution in [0.2, 0.25) is 0 Å². The monoisotopic (exact) mass is 388 g/mol. The summed E-state index contributed by atoms with van der Waals surface area (Å²) in [7, 11) is 1.77. The number of benzene rings is 1. The van der Waals surface area contributed by atoms with E-state index in [1.807, 2.05) is 45.9 Å². The molecule has 2 rings (SSSR count). The van der Waals surface area contributed by atoms with E-state index in [-0.39, 0.29) is 6.04 Å². The molecule has 0 spiro atoms. The summed E-state index contributed by atoms with van der Waals surface area (Å²) in [6.45, 7) is 11.9. The van der Waals surface area contributed by atoms with Gasteiger partial charge in [0, 0.05) is 19.2 Å². The molecule has 0 fully saturated rings. The van der Waals surface area contributed by atoms with Crippen molar-refractivity contribution >= 4 is 5.96 Å². The maximum atomic E-state index is 5.73. The van der Waals surface area contributed by atoms with E-state index in [2.05, 4.69) is 27.7 Å². The van der Waals surface area contributed by atoms with Crippen LogP contribution < -0.4 is 20.1 Å². The number of aryl methyl sites for hydroxylation is 2. The van der Waals surface area contributed by atoms with Gasteiger partial charge in [-0.15, -0.1) is 0 Å². The Morgan fingerprint density at radius 3 is 2.50 bits per heavy atom. The van der Waals surface area contributed by atoms with Crippen molar-refractivity contribution in [2.45, 2.75) is 47.1 Å². The number of hydrogen-bond donors (Lipinski definition) is 2. The van der Waals surface area contributed by atoms with Crippen molar-refractivity contribution in [1.29, 1.82) is 0 Å². The first kappa shape index (κ1) is 21.6. The first-order chi connectivity index (χ1) is 13.5. The van der Waals surface area contributed by atoms with Crippen molar-refractivity contribution in [3.63, 3.8) is 0 Å². The summed E-state index contributed by atoms with van der Waals surface area (Å²) in [5, 5.41) is 10.8. The van der Waals surface area contributed by atoms with Crippen LogP contribution in [0.25, 0.3) is 0 Å². The van der Waals surface area contributed by atoms with Crippen LogP contribution in [0, 0.1) is 13.8 Å². The van der Waals surface area contributed by atoms with E-state index in [1.54, 1.807) is 7.05 Å². The molecule has 1 unspecified atom stereocenters. The lowest BCUT2D eigenvalue weighted by molar-refractivity contribution is 0.287. The van der Waals surface area contributed by atoms with Crippen molar-refractivity contribution in [3.05, 3.63) is 40.8 Å². The van der Waals surface area contributed by atoms with Crippen molar-refractivity contribution in [2.75, 3.05) is 26.8 Å². The van der Waals surface area contributed by atoms with Crippen LogP contribution in [0.1, 0.15) is 49.4 Å². The lowest BCUT2D eigenvalue weighted by atomic mass is 10.1. The third kappa shape index (κ3) is 5.65. The zero-order valence-electron chi connectivity index (χ0n) is 17.8. The number of guanidine groups is 1. The lowest BCUT2D eigenvalue weighted by Crippen LogP contribution is -2.39. The van der Waals surface area contributed by atoms with E-state index in [9.17, 15) is 0 Å². The molecule has 0 saturated carbocycles. The van der Waals surface area contributed by atoms with Gasteiger partial charge in [0.1, 0.15) is 5.76 Å². The minimum atomic E-state index is 0.0557. The van der Waals surface area contributed by atoms with Gasteiger partial charge in [0.05, 0.1) is 24.9 Å². The first-order valence-electron chi connectivity index (χ1n) is 9.78. The summed E-state index contributed by atoms with van der Waals surface area (Å²) in [5.74, 6) is 3.14. The van der Waals surface area contributed by atoms with Crippen molar-refractivity contribution in [1.82, 2.24) is 15.8 Å². The molecule has 0 amide bonds. The molecule has 28 heavy (non-hydrogen) atoms. The van der Waals surface area contributed by atoms with Crippen molar-refractivity contribution in [2.24, 2.45) is 4.99 Å². The highest BCUT2D eigenvalue weighted by Gasteiger charge is 2.13. The van der Waals surface area contributed by atoms with Gasteiger partial charge in [-0.1, -0.05) is 11.2 Å². The predicted molar refractivity (Wildman–Crippen MR) is 111 cm³/mol. The molecule has 7 heteroatoms. The molecule has 0 aliphatic heterocycles. The molecular formula is C21H32N4O3. The Bertz CT molecular complexity index is 766. The smallest absolute Gasteiger partial charge is 0.191 e. The van der Waals surface area contributed by atoms with Crippen LogP contribution >= 0.6 is 0 Å². The maximum Gasteiger partial charge on any atom is 0.191 e. The first-order valence-corrected chi connectivity index (χ1v) is 9.78. The molecule has 0 radical (unpaired) electrons. The number of nitrogens with one attached hydrogen (secondary N) is 2. The van der Waals surface area contributed by atoms with Gasteiger partial charge < -0.3 is 24.6 Å². The van der Waals surface area contributed by atoms with Crippen LogP contribution in [0.5, 0.6) is 11.5 Å². The van der Waals surface area contributed by atoms with Gasteiger partial charge in [0.25, 0.3) is 0 Å². The van der Waals surface area contributed by atoms with Gasteiger partial charge in [0.15, 0.2) is 17.5 Å². The second-order valence-corrected chi connectivity index (χ2v) is 6.49. The molecule has 0 aliphatic rings. The van der Waals surface area contributed by atoms with E-state index in [1.165, 1.54) is 0 Å². The highest BCUT2D eigenvalue weighted by Crippen LogP contribution is 2.30. The molecule has 1 aromatic heterocycles. The molecular weight excluding hydrogens is 356 g/mol. The van der Waals surface area contributed by atoms with Crippen molar-refractivity contribution < 1.29 is 14.0 Å². The molecule has 2 N–H and O–H groups in total. The van der Waals surface area contributed by atoms with Crippen molar-refractivity contribution in [3.8, 4) is 11.5 Å². The van der Waals surface area contributed by atoms with Gasteiger partial charge in [-0.3, -0.25) is 4.99 Å². The predicted octanol–water partition coefficient (Wildman–Crippen LogP) is 3.56. The van der Waals surface area contributed by atoms with E-state index >= 15 is 0 Å². The fourth-order valence-electron chi connectivity index (χ4n) is 2.98. The topological polar surface area (TPSA) is 80.9 Å². The normalized spacial score (nSPS) is 12.6. The van der Waals surface area contributed by atoms with Gasteiger partial charge in [0.2, 0.25) is 0 Å². The number of aliphatic imine (C=N–C) groups is 1. The molecule has 1 atom stereocenters. The van der Waals surface area contributed by atoms with Crippen LogP contribution in [0.3, 0.4) is 0 Å². The number of nitrogens with zero attached hydrogens (tertiary/aromatic N) is 2. The Morgan fingerprint density at radius 1 is 1.18 bits per heavy atom. The number of ether oxygens (including phenoxy) is 2. The number of rotatable bonds is 9. The van der Waals surface area contributed by atoms with E-state index in [4.69, 9.17) is 14.0 Å². The Kier molecular flexibility index (Phi) is 8.17. The third-order valence-corrected chi connectivity index (χ3v) is 4.49. The summed E-state index contributed by atoms with van der Waals surface area (Å²) in [6, 6.07) is 6.07. The Balaban J connectivity index is 1.97. The second kappa shape index (κ2) is 10.6. The summed E-state index contributed by atoms with van der Waals surface area (Å²) in [4.78, 5) is 4.32. The average molecular weight is 389 g/mol. The molecule has 154 valence electrons. The quantitative estimate of drug-likeness (QED) is 0.505. The van der Waals surface area contributed by atoms with Gasteiger partial charge in [-0.05, 0) is 58.7 Å². The molecule has 1 heterocycles. The van der Waals surface area contributed by atoms with Crippen LogP contribution in [0.4, 0.5) is 0 Å². The number of hydrogen-bond acceptors (Lipinski definition) is 5. The SMILES string of the molecule is CCOc1ccc(C(C)NC(=NC)NCCc2c(C)noc2C)cc1OCC. The highest BCUT2D eigenvalue weighted by atomic mass is 16.5. The molecule has 0 saturated heterocycles. The van der Waals surface area contributed by atoms with E-state index in [0.29, 0.717) is 13.2 Å². The lowest BCUT2D eigenvalue weighted by Gasteiger charge is -2.20. The zero-order chi connectivity index (χ0) is 20.5. The maximum absolute atomic E-state index is 5.73. The summed E-state index contributed by atoms with van der Waals surface area (Å²) in [5.41, 5.74) is 3.18. The second-order valence-electron chi connectivity index (χ2n) is 6.49. The molecule has 7 nitrogen and oxygen atoms in total. The largest absolute Gasteiger partial charge is 0.490 e. The molecule has 0 bridgehead atoms. The zero-order valence-corrected chi connectivity index (χ0v) is 17.8.